The number of aliphatic hydroxyl groups is 1. The Morgan fingerprint density at radius 1 is 1.18 bits per heavy atom. The van der Waals surface area contributed by atoms with Crippen molar-refractivity contribution in [3.63, 3.8) is 0 Å². The van der Waals surface area contributed by atoms with Crippen LogP contribution in [0.3, 0.4) is 0 Å². The number of aromatic nitrogens is 4. The van der Waals surface area contributed by atoms with Gasteiger partial charge in [0.25, 0.3) is 0 Å². The quantitative estimate of drug-likeness (QED) is 0.278. The summed E-state index contributed by atoms with van der Waals surface area (Å²) in [6.45, 7) is 6.78. The zero-order valence-corrected chi connectivity index (χ0v) is 20.3. The number of aryl methyl sites for hydroxylation is 2. The monoisotopic (exact) mass is 498 g/mol. The fourth-order valence-corrected chi connectivity index (χ4v) is 3.98. The van der Waals surface area contributed by atoms with E-state index in [0.717, 1.165) is 22.5 Å². The second kappa shape index (κ2) is 10.3. The molecule has 0 fully saturated rings. The molecule has 8 nitrogen and oxygen atoms in total. The summed E-state index contributed by atoms with van der Waals surface area (Å²) in [5.74, 6) is 0.700. The number of nitrogens with zero attached hydrogens (tertiary/aromatic N) is 4. The first-order valence-corrected chi connectivity index (χ1v) is 11.3. The molecule has 34 heavy (non-hydrogen) atoms. The zero-order valence-electron chi connectivity index (χ0n) is 18.8. The molecule has 0 spiro atoms. The second-order valence-electron chi connectivity index (χ2n) is 7.65. The van der Waals surface area contributed by atoms with E-state index in [1.807, 2.05) is 43.3 Å². The molecule has 2 aromatic heterocycles. The van der Waals surface area contributed by atoms with Crippen LogP contribution in [0, 0.1) is 6.92 Å². The first kappa shape index (κ1) is 23.8. The van der Waals surface area contributed by atoms with E-state index < -0.39 is 0 Å². The van der Waals surface area contributed by atoms with Crippen LogP contribution in [-0.4, -0.2) is 38.0 Å². The molecule has 0 amide bonds. The molecule has 0 bridgehead atoms. The lowest BCUT2D eigenvalue weighted by atomic mass is 10.1. The summed E-state index contributed by atoms with van der Waals surface area (Å²) in [7, 11) is 1.80. The molecule has 0 aliphatic heterocycles. The lowest BCUT2D eigenvalue weighted by Crippen LogP contribution is -2.06. The lowest BCUT2D eigenvalue weighted by molar-refractivity contribution is 0.299. The number of anilines is 2. The highest BCUT2D eigenvalue weighted by atomic mass is 35.5. The molecule has 4 aromatic rings. The molecule has 0 unspecified atom stereocenters. The van der Waals surface area contributed by atoms with Crippen LogP contribution in [0.4, 0.5) is 11.4 Å². The molecule has 4 rings (SSSR count). The van der Waals surface area contributed by atoms with Crippen molar-refractivity contribution in [3.05, 3.63) is 76.3 Å². The van der Waals surface area contributed by atoms with Crippen molar-refractivity contribution >= 4 is 51.3 Å². The van der Waals surface area contributed by atoms with E-state index in [-0.39, 0.29) is 13.2 Å². The van der Waals surface area contributed by atoms with Crippen molar-refractivity contribution in [2.75, 3.05) is 23.8 Å². The van der Waals surface area contributed by atoms with Crippen molar-refractivity contribution in [1.29, 1.82) is 0 Å². The predicted molar refractivity (Wildman–Crippen MR) is 137 cm³/mol. The van der Waals surface area contributed by atoms with Gasteiger partial charge in [0, 0.05) is 31.0 Å². The average Bonchev–Trinajstić information content (AvgIpc) is 3.15. The molecule has 0 saturated heterocycles. The summed E-state index contributed by atoms with van der Waals surface area (Å²) in [6, 6.07) is 11.4. The summed E-state index contributed by atoms with van der Waals surface area (Å²) in [5.41, 5.74) is 5.39. The smallest absolute Gasteiger partial charge is 0.162 e. The minimum absolute atomic E-state index is 0.0293. The number of hydrogen-bond donors (Lipinski definition) is 3. The number of aliphatic hydroxyl groups excluding tert-OH is 1. The largest absolute Gasteiger partial charge is 0.487 e. The van der Waals surface area contributed by atoms with Gasteiger partial charge in [-0.15, -0.1) is 0 Å². The SMILES string of the molecule is C=C(Nc1ccc(C)c(OCc2nn(C)c3ncnc(Cl)c23)c1)c1ccc(NCCO)c(Cl)c1. The molecule has 0 aliphatic carbocycles. The average molecular weight is 499 g/mol. The van der Waals surface area contributed by atoms with Gasteiger partial charge in [-0.3, -0.25) is 0 Å². The molecule has 0 atom stereocenters. The van der Waals surface area contributed by atoms with E-state index in [0.29, 0.717) is 44.9 Å². The maximum atomic E-state index is 8.97. The normalized spacial score (nSPS) is 11.0. The number of ether oxygens (including phenoxy) is 1. The number of halogens is 2. The van der Waals surface area contributed by atoms with Gasteiger partial charge in [0.2, 0.25) is 0 Å². The fourth-order valence-electron chi connectivity index (χ4n) is 3.49. The van der Waals surface area contributed by atoms with E-state index in [1.54, 1.807) is 11.7 Å². The summed E-state index contributed by atoms with van der Waals surface area (Å²) in [6.07, 6.45) is 1.41. The van der Waals surface area contributed by atoms with E-state index in [9.17, 15) is 0 Å². The number of benzene rings is 2. The van der Waals surface area contributed by atoms with Crippen molar-refractivity contribution < 1.29 is 9.84 Å². The Labute approximate surface area is 207 Å². The second-order valence-corrected chi connectivity index (χ2v) is 8.42. The minimum Gasteiger partial charge on any atom is -0.487 e. The van der Waals surface area contributed by atoms with E-state index in [1.165, 1.54) is 6.33 Å². The minimum atomic E-state index is 0.0293. The van der Waals surface area contributed by atoms with Crippen LogP contribution in [0.15, 0.2) is 49.3 Å². The first-order chi connectivity index (χ1) is 16.4. The van der Waals surface area contributed by atoms with Crippen LogP contribution < -0.4 is 15.4 Å². The van der Waals surface area contributed by atoms with Crippen LogP contribution >= 0.6 is 23.2 Å². The van der Waals surface area contributed by atoms with Gasteiger partial charge in [-0.1, -0.05) is 41.9 Å². The lowest BCUT2D eigenvalue weighted by Gasteiger charge is -2.15. The van der Waals surface area contributed by atoms with Gasteiger partial charge in [-0.2, -0.15) is 5.10 Å². The standard InChI is InChI=1S/C24H24Cl2N6O2/c1-14-4-6-17(30-15(2)16-5-7-19(18(25)10-16)27-8-9-33)11-21(14)34-12-20-22-23(26)28-13-29-24(22)32(3)31-20/h4-7,10-11,13,27,30,33H,2,8-9,12H2,1,3H3. The highest BCUT2D eigenvalue weighted by Crippen LogP contribution is 2.30. The summed E-state index contributed by atoms with van der Waals surface area (Å²) < 4.78 is 7.75. The van der Waals surface area contributed by atoms with Crippen molar-refractivity contribution in [3.8, 4) is 5.75 Å². The topological polar surface area (TPSA) is 97.1 Å². The van der Waals surface area contributed by atoms with Gasteiger partial charge in [-0.25, -0.2) is 14.6 Å². The molecule has 2 aromatic carbocycles. The molecule has 176 valence electrons. The van der Waals surface area contributed by atoms with Gasteiger partial charge < -0.3 is 20.5 Å². The van der Waals surface area contributed by atoms with Gasteiger partial charge in [0.1, 0.15) is 29.5 Å². The maximum Gasteiger partial charge on any atom is 0.162 e. The molecule has 0 saturated carbocycles. The highest BCUT2D eigenvalue weighted by molar-refractivity contribution is 6.34. The summed E-state index contributed by atoms with van der Waals surface area (Å²) in [5, 5.41) is 21.4. The fraction of sp³-hybridized carbons (Fsp3) is 0.208. The van der Waals surface area contributed by atoms with Crippen LogP contribution in [0.25, 0.3) is 16.7 Å². The van der Waals surface area contributed by atoms with Gasteiger partial charge in [-0.05, 0) is 36.2 Å². The van der Waals surface area contributed by atoms with E-state index >= 15 is 0 Å². The van der Waals surface area contributed by atoms with Crippen molar-refractivity contribution in [1.82, 2.24) is 19.7 Å². The molecule has 0 radical (unpaired) electrons. The Kier molecular flexibility index (Phi) is 7.21. The van der Waals surface area contributed by atoms with Crippen LogP contribution in [0.2, 0.25) is 10.2 Å². The van der Waals surface area contributed by atoms with Crippen LogP contribution in [0.5, 0.6) is 5.75 Å². The molecule has 10 heteroatoms. The van der Waals surface area contributed by atoms with Crippen LogP contribution in [0.1, 0.15) is 16.8 Å². The Balaban J connectivity index is 1.48. The molecule has 0 aliphatic rings. The Morgan fingerprint density at radius 2 is 2.00 bits per heavy atom. The number of fused-ring (bicyclic) bond motifs is 1. The molecular formula is C24H24Cl2N6O2. The Morgan fingerprint density at radius 3 is 2.76 bits per heavy atom. The first-order valence-electron chi connectivity index (χ1n) is 10.5. The zero-order chi connectivity index (χ0) is 24.2. The van der Waals surface area contributed by atoms with Gasteiger partial charge in [0.15, 0.2) is 5.65 Å². The number of rotatable bonds is 9. The molecule has 3 N–H and O–H groups in total. The van der Waals surface area contributed by atoms with Gasteiger partial charge >= 0.3 is 0 Å². The van der Waals surface area contributed by atoms with E-state index in [2.05, 4.69) is 32.3 Å². The Bertz CT molecular complexity index is 1360. The Hall–Kier alpha value is -3.33. The van der Waals surface area contributed by atoms with Crippen molar-refractivity contribution in [2.24, 2.45) is 7.05 Å². The molecular weight excluding hydrogens is 475 g/mol. The summed E-state index contributed by atoms with van der Waals surface area (Å²) >= 11 is 12.6. The third-order valence-corrected chi connectivity index (χ3v) is 5.84. The third kappa shape index (κ3) is 5.09. The van der Waals surface area contributed by atoms with Gasteiger partial charge in [0.05, 0.1) is 22.7 Å². The molecule has 2 heterocycles. The highest BCUT2D eigenvalue weighted by Gasteiger charge is 2.15. The number of nitrogens with one attached hydrogen (secondary N) is 2. The van der Waals surface area contributed by atoms with Crippen molar-refractivity contribution in [2.45, 2.75) is 13.5 Å². The van der Waals surface area contributed by atoms with Crippen LogP contribution in [-0.2, 0) is 13.7 Å². The van der Waals surface area contributed by atoms with E-state index in [4.69, 9.17) is 33.0 Å². The third-order valence-electron chi connectivity index (χ3n) is 5.24. The maximum absolute atomic E-state index is 8.97. The summed E-state index contributed by atoms with van der Waals surface area (Å²) in [4.78, 5) is 8.30. The predicted octanol–water partition coefficient (Wildman–Crippen LogP) is 5.04. The number of hydrogen-bond acceptors (Lipinski definition) is 7.